The fourth-order valence-electron chi connectivity index (χ4n) is 10.2. The van der Waals surface area contributed by atoms with Crippen LogP contribution in [0.15, 0.2) is 73.1 Å². The van der Waals surface area contributed by atoms with Crippen LogP contribution in [-0.4, -0.2) is 117 Å². The molecule has 2 aromatic heterocycles. The summed E-state index contributed by atoms with van der Waals surface area (Å²) in [6.45, 7) is 7.20. The summed E-state index contributed by atoms with van der Waals surface area (Å²) in [6, 6.07) is 18.3. The van der Waals surface area contributed by atoms with E-state index in [1.54, 1.807) is 38.8 Å². The zero-order valence-corrected chi connectivity index (χ0v) is 44.0. The zero-order chi connectivity index (χ0) is 51.5. The standard InChI is InChI=1S/C55H67ClN9O7P/c1-72-47-35-42(25-24-39(47)34-49-57-36-44(56)45(58-49)33-40-18-13-14-22-48(40)73(2,3)71)62-29-31-63(32-30-62)51(67)23-12-9-11-20-41-37-64(61-60-41)28-15-8-6-4-5-7-10-17-38-19-16-21-43-52(38)55(70)65(54(43)69)46-26-27-50(66)59-53(46)68/h13-14,16,18-19,21-22,24-25,35-37,46H,4-12,15,17,20,23,26-34H2,1-3H3,(H,59,66,68). The first-order valence-electron chi connectivity index (χ1n) is 25.8. The summed E-state index contributed by atoms with van der Waals surface area (Å²) in [6.07, 6.45) is 17.0. The van der Waals surface area contributed by atoms with Crippen LogP contribution >= 0.6 is 18.7 Å². The number of hydrogen-bond donors (Lipinski definition) is 1. The number of benzene rings is 3. The van der Waals surface area contributed by atoms with Crippen LogP contribution in [0.5, 0.6) is 5.75 Å². The van der Waals surface area contributed by atoms with Crippen LogP contribution in [0, 0.1) is 0 Å². The maximum atomic E-state index is 13.4. The molecule has 0 spiro atoms. The molecule has 8 rings (SSSR count). The number of nitrogens with one attached hydrogen (secondary N) is 1. The van der Waals surface area contributed by atoms with E-state index in [9.17, 15) is 28.5 Å². The monoisotopic (exact) mass is 1030 g/mol. The average Bonchev–Trinajstić information content (AvgIpc) is 3.94. The summed E-state index contributed by atoms with van der Waals surface area (Å²) in [5.41, 5.74) is 6.18. The third-order valence-corrected chi connectivity index (χ3v) is 16.1. The van der Waals surface area contributed by atoms with Crippen molar-refractivity contribution in [3.63, 3.8) is 0 Å². The number of carbonyl (C=O) groups excluding carboxylic acids is 5. The molecule has 5 heterocycles. The smallest absolute Gasteiger partial charge is 0.262 e. The number of imide groups is 2. The number of unbranched alkanes of at least 4 members (excludes halogenated alkanes) is 8. The topological polar surface area (TPSA) is 190 Å². The number of methoxy groups -OCH3 is 1. The van der Waals surface area contributed by atoms with Crippen molar-refractivity contribution in [1.82, 2.24) is 40.1 Å². The van der Waals surface area contributed by atoms with Gasteiger partial charge in [0.1, 0.15) is 24.8 Å². The Labute approximate surface area is 433 Å². The number of piperazine rings is 1. The third-order valence-electron chi connectivity index (χ3n) is 14.2. The van der Waals surface area contributed by atoms with Gasteiger partial charge in [-0.15, -0.1) is 5.10 Å². The van der Waals surface area contributed by atoms with Crippen molar-refractivity contribution in [2.45, 2.75) is 122 Å². The minimum atomic E-state index is -2.49. The largest absolute Gasteiger partial charge is 0.496 e. The van der Waals surface area contributed by atoms with Gasteiger partial charge in [0.25, 0.3) is 11.8 Å². The maximum absolute atomic E-state index is 13.4. The molecule has 1 unspecified atom stereocenters. The molecule has 2 saturated heterocycles. The van der Waals surface area contributed by atoms with Crippen molar-refractivity contribution in [3.05, 3.63) is 123 Å². The van der Waals surface area contributed by atoms with Gasteiger partial charge in [-0.1, -0.05) is 97.8 Å². The summed E-state index contributed by atoms with van der Waals surface area (Å²) in [5, 5.41) is 12.3. The first kappa shape index (κ1) is 53.1. The lowest BCUT2D eigenvalue weighted by molar-refractivity contribution is -0.136. The molecule has 18 heteroatoms. The van der Waals surface area contributed by atoms with Gasteiger partial charge < -0.3 is 19.1 Å². The number of amides is 5. The minimum absolute atomic E-state index is 0.0996. The fraction of sp³-hybridized carbons (Fsp3) is 0.473. The van der Waals surface area contributed by atoms with Crippen LogP contribution in [0.4, 0.5) is 5.69 Å². The van der Waals surface area contributed by atoms with E-state index >= 15 is 0 Å². The molecule has 3 aliphatic heterocycles. The number of piperidine rings is 1. The number of halogens is 1. The zero-order valence-electron chi connectivity index (χ0n) is 42.3. The van der Waals surface area contributed by atoms with E-state index in [0.717, 1.165) is 134 Å². The maximum Gasteiger partial charge on any atom is 0.262 e. The number of rotatable bonds is 24. The Hall–Kier alpha value is -6.25. The summed E-state index contributed by atoms with van der Waals surface area (Å²) in [7, 11) is -0.821. The van der Waals surface area contributed by atoms with Crippen molar-refractivity contribution >= 4 is 59.3 Å². The molecule has 0 saturated carbocycles. The number of carbonyl (C=O) groups is 5. The first-order valence-corrected chi connectivity index (χ1v) is 28.8. The van der Waals surface area contributed by atoms with E-state index in [-0.39, 0.29) is 24.7 Å². The van der Waals surface area contributed by atoms with Crippen molar-refractivity contribution in [3.8, 4) is 5.75 Å². The predicted octanol–water partition coefficient (Wildman–Crippen LogP) is 7.99. The van der Waals surface area contributed by atoms with Crippen LogP contribution in [-0.2, 0) is 51.2 Å². The number of hydrogen-bond acceptors (Lipinski definition) is 12. The fourth-order valence-corrected chi connectivity index (χ4v) is 11.7. The molecule has 5 amide bonds. The van der Waals surface area contributed by atoms with E-state index < -0.39 is 30.9 Å². The molecule has 0 bridgehead atoms. The number of aromatic nitrogens is 5. The van der Waals surface area contributed by atoms with Gasteiger partial charge >= 0.3 is 0 Å². The highest BCUT2D eigenvalue weighted by atomic mass is 35.5. The number of ether oxygens (including phenoxy) is 1. The average molecular weight is 1030 g/mol. The molecule has 0 radical (unpaired) electrons. The second-order valence-corrected chi connectivity index (χ2v) is 23.4. The molecule has 1 atom stereocenters. The van der Waals surface area contributed by atoms with Gasteiger partial charge in [0.05, 0.1) is 34.6 Å². The lowest BCUT2D eigenvalue weighted by Crippen LogP contribution is -2.54. The van der Waals surface area contributed by atoms with Crippen LogP contribution in [0.1, 0.15) is 138 Å². The van der Waals surface area contributed by atoms with Gasteiger partial charge in [-0.3, -0.25) is 38.9 Å². The van der Waals surface area contributed by atoms with E-state index in [1.165, 1.54) is 0 Å². The van der Waals surface area contributed by atoms with Crippen LogP contribution < -0.4 is 20.3 Å². The minimum Gasteiger partial charge on any atom is -0.496 e. The van der Waals surface area contributed by atoms with Gasteiger partial charge in [-0.2, -0.15) is 0 Å². The number of aryl methyl sites for hydroxylation is 3. The number of anilines is 1. The molecular weight excluding hydrogens is 965 g/mol. The van der Waals surface area contributed by atoms with Gasteiger partial charge in [-0.05, 0) is 81.5 Å². The second-order valence-electron chi connectivity index (χ2n) is 19.8. The molecule has 1 N–H and O–H groups in total. The van der Waals surface area contributed by atoms with Crippen molar-refractivity contribution in [2.75, 3.05) is 51.5 Å². The van der Waals surface area contributed by atoms with Gasteiger partial charge in [0, 0.05) is 93.4 Å². The Bertz CT molecular complexity index is 2860. The lowest BCUT2D eigenvalue weighted by Gasteiger charge is -2.36. The molecule has 3 aliphatic rings. The molecule has 16 nitrogen and oxygen atoms in total. The highest BCUT2D eigenvalue weighted by molar-refractivity contribution is 7.70. The Balaban J connectivity index is 0.674. The highest BCUT2D eigenvalue weighted by Gasteiger charge is 2.45. The lowest BCUT2D eigenvalue weighted by atomic mass is 9.97. The van der Waals surface area contributed by atoms with Crippen LogP contribution in [0.2, 0.25) is 5.02 Å². The van der Waals surface area contributed by atoms with Crippen molar-refractivity contribution in [2.24, 2.45) is 0 Å². The van der Waals surface area contributed by atoms with E-state index in [1.807, 2.05) is 52.2 Å². The molecular formula is C55H67ClN9O7P. The Morgan fingerprint density at radius 1 is 0.808 bits per heavy atom. The van der Waals surface area contributed by atoms with Crippen molar-refractivity contribution in [1.29, 1.82) is 0 Å². The highest BCUT2D eigenvalue weighted by Crippen LogP contribution is 2.37. The first-order chi connectivity index (χ1) is 35.3. The summed E-state index contributed by atoms with van der Waals surface area (Å²) < 4.78 is 20.7. The summed E-state index contributed by atoms with van der Waals surface area (Å²) in [5.74, 6) is -0.319. The Kier molecular flexibility index (Phi) is 17.9. The molecule has 73 heavy (non-hydrogen) atoms. The molecule has 2 fully saturated rings. The second kappa shape index (κ2) is 24.6. The SMILES string of the molecule is COc1cc(N2CCN(C(=O)CCCCCc3cn(CCCCCCCCCc4cccc5c4C(=O)N(C4CCC(=O)NC4=O)C5=O)nn3)CC2)ccc1Cc1ncc(Cl)c(Cc2ccccc2P(C)(C)=O)n1. The third kappa shape index (κ3) is 13.5. The van der Waals surface area contributed by atoms with Crippen LogP contribution in [0.25, 0.3) is 0 Å². The number of nitrogens with zero attached hydrogens (tertiary/aromatic N) is 8. The van der Waals surface area contributed by atoms with Crippen LogP contribution in [0.3, 0.4) is 0 Å². The molecule has 3 aromatic carbocycles. The Morgan fingerprint density at radius 2 is 1.53 bits per heavy atom. The quantitative estimate of drug-likeness (QED) is 0.0357. The van der Waals surface area contributed by atoms with E-state index in [4.69, 9.17) is 21.3 Å². The van der Waals surface area contributed by atoms with Gasteiger partial charge in [0.2, 0.25) is 17.7 Å². The van der Waals surface area contributed by atoms with Crippen molar-refractivity contribution < 1.29 is 33.3 Å². The molecule has 5 aromatic rings. The molecule has 0 aliphatic carbocycles. The van der Waals surface area contributed by atoms with E-state index in [0.29, 0.717) is 66.4 Å². The summed E-state index contributed by atoms with van der Waals surface area (Å²) >= 11 is 6.56. The van der Waals surface area contributed by atoms with Gasteiger partial charge in [0.15, 0.2) is 0 Å². The summed E-state index contributed by atoms with van der Waals surface area (Å²) in [4.78, 5) is 78.4. The van der Waals surface area contributed by atoms with Gasteiger partial charge in [-0.25, -0.2) is 9.97 Å². The molecule has 386 valence electrons. The predicted molar refractivity (Wildman–Crippen MR) is 281 cm³/mol. The number of fused-ring (bicyclic) bond motifs is 1. The Morgan fingerprint density at radius 3 is 2.30 bits per heavy atom. The normalized spacial score (nSPS) is 16.1. The van der Waals surface area contributed by atoms with E-state index in [2.05, 4.69) is 37.6 Å².